The minimum atomic E-state index is -3.57. The van der Waals surface area contributed by atoms with Gasteiger partial charge in [-0.25, -0.2) is 4.72 Å². The molecule has 2 rings (SSSR count). The van der Waals surface area contributed by atoms with Crippen LogP contribution >= 0.6 is 0 Å². The minimum Gasteiger partial charge on any atom is -0.481 e. The third kappa shape index (κ3) is 2.46. The van der Waals surface area contributed by atoms with E-state index in [4.69, 9.17) is 0 Å². The molecule has 6 nitrogen and oxygen atoms in total. The summed E-state index contributed by atoms with van der Waals surface area (Å²) in [4.78, 5) is 11.2. The molecule has 2 aliphatic rings. The Morgan fingerprint density at radius 2 is 2.00 bits per heavy atom. The highest BCUT2D eigenvalue weighted by molar-refractivity contribution is 7.87. The van der Waals surface area contributed by atoms with Crippen LogP contribution in [-0.4, -0.2) is 32.1 Å². The third-order valence-corrected chi connectivity index (χ3v) is 5.08. The number of carbonyl (C=O) groups is 1. The Kier molecular flexibility index (Phi) is 3.42. The van der Waals surface area contributed by atoms with Crippen molar-refractivity contribution in [3.05, 3.63) is 0 Å². The number of nitrogens with one attached hydrogen (secondary N) is 2. The van der Waals surface area contributed by atoms with Crippen molar-refractivity contribution in [1.29, 1.82) is 0 Å². The van der Waals surface area contributed by atoms with Crippen molar-refractivity contribution in [3.8, 4) is 0 Å². The van der Waals surface area contributed by atoms with Crippen molar-refractivity contribution in [2.75, 3.05) is 6.54 Å². The van der Waals surface area contributed by atoms with Crippen LogP contribution in [0.25, 0.3) is 0 Å². The van der Waals surface area contributed by atoms with E-state index in [0.29, 0.717) is 6.54 Å². The lowest BCUT2D eigenvalue weighted by Crippen LogP contribution is -2.50. The molecule has 0 amide bonds. The molecule has 4 atom stereocenters. The van der Waals surface area contributed by atoms with E-state index in [1.807, 2.05) is 0 Å². The smallest absolute Gasteiger partial charge is 0.308 e. The van der Waals surface area contributed by atoms with Crippen LogP contribution in [0.15, 0.2) is 0 Å². The fourth-order valence-electron chi connectivity index (χ4n) is 3.23. The largest absolute Gasteiger partial charge is 0.481 e. The number of hydrogen-bond donors (Lipinski definition) is 3. The van der Waals surface area contributed by atoms with Gasteiger partial charge in [-0.3, -0.25) is 4.79 Å². The summed E-state index contributed by atoms with van der Waals surface area (Å²) >= 11 is 0. The Labute approximate surface area is 101 Å². The molecule has 17 heavy (non-hydrogen) atoms. The van der Waals surface area contributed by atoms with Gasteiger partial charge < -0.3 is 5.11 Å². The summed E-state index contributed by atoms with van der Waals surface area (Å²) in [7, 11) is -3.57. The van der Waals surface area contributed by atoms with E-state index in [2.05, 4.69) is 9.44 Å². The zero-order valence-electron chi connectivity index (χ0n) is 9.72. The Morgan fingerprint density at radius 1 is 1.35 bits per heavy atom. The van der Waals surface area contributed by atoms with E-state index in [0.717, 1.165) is 19.3 Å². The van der Waals surface area contributed by atoms with Crippen LogP contribution in [0.4, 0.5) is 0 Å². The molecule has 0 spiro atoms. The summed E-state index contributed by atoms with van der Waals surface area (Å²) < 4.78 is 28.1. The first-order chi connectivity index (χ1) is 7.94. The van der Waals surface area contributed by atoms with Crippen molar-refractivity contribution in [3.63, 3.8) is 0 Å². The molecule has 2 aliphatic carbocycles. The number of carboxylic acids is 1. The fraction of sp³-hybridized carbons (Fsp3) is 0.900. The molecule has 0 aromatic heterocycles. The zero-order chi connectivity index (χ0) is 12.6. The molecule has 7 heteroatoms. The summed E-state index contributed by atoms with van der Waals surface area (Å²) in [5.74, 6) is -1.15. The maximum atomic E-state index is 11.6. The maximum Gasteiger partial charge on any atom is 0.308 e. The predicted molar refractivity (Wildman–Crippen MR) is 61.5 cm³/mol. The zero-order valence-corrected chi connectivity index (χ0v) is 10.5. The highest BCUT2D eigenvalue weighted by atomic mass is 32.2. The summed E-state index contributed by atoms with van der Waals surface area (Å²) in [5.41, 5.74) is 0. The van der Waals surface area contributed by atoms with E-state index >= 15 is 0 Å². The number of fused-ring (bicyclic) bond motifs is 2. The van der Waals surface area contributed by atoms with Crippen LogP contribution in [0.2, 0.25) is 0 Å². The van der Waals surface area contributed by atoms with Gasteiger partial charge in [-0.1, -0.05) is 6.92 Å². The molecule has 98 valence electrons. The lowest BCUT2D eigenvalue weighted by molar-refractivity contribution is -0.144. The van der Waals surface area contributed by atoms with Crippen LogP contribution in [-0.2, 0) is 15.0 Å². The van der Waals surface area contributed by atoms with Gasteiger partial charge >= 0.3 is 5.97 Å². The van der Waals surface area contributed by atoms with Gasteiger partial charge in [-0.15, -0.1) is 0 Å². The van der Waals surface area contributed by atoms with Gasteiger partial charge in [0.1, 0.15) is 0 Å². The van der Waals surface area contributed by atoms with Gasteiger partial charge in [-0.2, -0.15) is 13.1 Å². The molecule has 2 saturated carbocycles. The van der Waals surface area contributed by atoms with E-state index in [1.165, 1.54) is 0 Å². The molecule has 0 aromatic rings. The molecule has 0 saturated heterocycles. The highest BCUT2D eigenvalue weighted by Crippen LogP contribution is 2.48. The summed E-state index contributed by atoms with van der Waals surface area (Å²) in [6.07, 6.45) is 2.66. The van der Waals surface area contributed by atoms with E-state index < -0.39 is 28.1 Å². The van der Waals surface area contributed by atoms with Crippen molar-refractivity contribution in [1.82, 2.24) is 9.44 Å². The minimum absolute atomic E-state index is 0.131. The molecule has 3 N–H and O–H groups in total. The van der Waals surface area contributed by atoms with Gasteiger partial charge in [0.15, 0.2) is 0 Å². The molecule has 0 heterocycles. The molecule has 4 unspecified atom stereocenters. The summed E-state index contributed by atoms with van der Waals surface area (Å²) in [6, 6.07) is -0.449. The normalized spacial score (nSPS) is 36.3. The van der Waals surface area contributed by atoms with E-state index in [1.54, 1.807) is 6.92 Å². The number of hydrogen-bond acceptors (Lipinski definition) is 3. The lowest BCUT2D eigenvalue weighted by Gasteiger charge is -2.28. The van der Waals surface area contributed by atoms with Crippen molar-refractivity contribution < 1.29 is 18.3 Å². The first-order valence-electron chi connectivity index (χ1n) is 5.94. The second kappa shape index (κ2) is 4.55. The van der Waals surface area contributed by atoms with Crippen LogP contribution in [0, 0.1) is 17.8 Å². The van der Waals surface area contributed by atoms with Gasteiger partial charge in [0, 0.05) is 12.6 Å². The van der Waals surface area contributed by atoms with E-state index in [9.17, 15) is 18.3 Å². The Bertz CT molecular complexity index is 409. The highest BCUT2D eigenvalue weighted by Gasteiger charge is 2.52. The molecular formula is C10H18N2O4S. The van der Waals surface area contributed by atoms with Gasteiger partial charge in [0.25, 0.3) is 10.2 Å². The first kappa shape index (κ1) is 12.8. The average Bonchev–Trinajstić information content (AvgIpc) is 2.75. The lowest BCUT2D eigenvalue weighted by atomic mass is 9.85. The molecule has 0 aromatic carbocycles. The van der Waals surface area contributed by atoms with Gasteiger partial charge in [-0.05, 0) is 31.1 Å². The maximum absolute atomic E-state index is 11.6. The second-order valence-corrected chi connectivity index (χ2v) is 6.37. The molecule has 2 bridgehead atoms. The fourth-order valence-corrected chi connectivity index (χ4v) is 4.39. The first-order valence-corrected chi connectivity index (χ1v) is 7.42. The molecule has 0 radical (unpaired) electrons. The second-order valence-electron chi connectivity index (χ2n) is 4.84. The Hall–Kier alpha value is -0.660. The quantitative estimate of drug-likeness (QED) is 0.646. The number of rotatable bonds is 5. The molecular weight excluding hydrogens is 244 g/mol. The molecule has 0 aliphatic heterocycles. The van der Waals surface area contributed by atoms with E-state index in [-0.39, 0.29) is 11.8 Å². The summed E-state index contributed by atoms with van der Waals surface area (Å²) in [5, 5.41) is 9.18. The summed E-state index contributed by atoms with van der Waals surface area (Å²) in [6.45, 7) is 1.99. The standard InChI is InChI=1S/C10H18N2O4S/c1-2-11-17(15,16)12-9-7-4-3-6(5-7)8(9)10(13)14/h6-9,11-12H,2-5H2,1H3,(H,13,14). The number of aliphatic carboxylic acids is 1. The SMILES string of the molecule is CCNS(=O)(=O)NC1C2CCC(C2)C1C(=O)O. The van der Waals surface area contributed by atoms with Crippen molar-refractivity contribution in [2.45, 2.75) is 32.2 Å². The average molecular weight is 262 g/mol. The third-order valence-electron chi connectivity index (χ3n) is 3.83. The van der Waals surface area contributed by atoms with Crippen molar-refractivity contribution in [2.24, 2.45) is 17.8 Å². The Balaban J connectivity index is 2.12. The monoisotopic (exact) mass is 262 g/mol. The van der Waals surface area contributed by atoms with Crippen molar-refractivity contribution >= 4 is 16.2 Å². The molecule has 2 fully saturated rings. The topological polar surface area (TPSA) is 95.5 Å². The van der Waals surface area contributed by atoms with Crippen LogP contribution < -0.4 is 9.44 Å². The van der Waals surface area contributed by atoms with Crippen LogP contribution in [0.3, 0.4) is 0 Å². The van der Waals surface area contributed by atoms with Gasteiger partial charge in [0.05, 0.1) is 5.92 Å². The van der Waals surface area contributed by atoms with Crippen LogP contribution in [0.1, 0.15) is 26.2 Å². The van der Waals surface area contributed by atoms with Gasteiger partial charge in [0.2, 0.25) is 0 Å². The number of carboxylic acid groups (broad SMARTS) is 1. The predicted octanol–water partition coefficient (Wildman–Crippen LogP) is -0.0704. The Morgan fingerprint density at radius 3 is 2.59 bits per heavy atom. The van der Waals surface area contributed by atoms with Crippen LogP contribution in [0.5, 0.6) is 0 Å².